The molecular weight excluding hydrogens is 304 g/mol. The van der Waals surface area contributed by atoms with Gasteiger partial charge in [0.15, 0.2) is 5.82 Å². The molecule has 23 heavy (non-hydrogen) atoms. The highest BCUT2D eigenvalue weighted by Crippen LogP contribution is 2.25. The van der Waals surface area contributed by atoms with Gasteiger partial charge in [-0.3, -0.25) is 4.90 Å². The van der Waals surface area contributed by atoms with Crippen LogP contribution in [0.2, 0.25) is 0 Å². The van der Waals surface area contributed by atoms with Crippen LogP contribution in [0.3, 0.4) is 0 Å². The van der Waals surface area contributed by atoms with Crippen molar-refractivity contribution in [3.05, 3.63) is 58.0 Å². The van der Waals surface area contributed by atoms with Gasteiger partial charge in [0.05, 0.1) is 10.6 Å². The normalized spacial score (nSPS) is 14.9. The predicted molar refractivity (Wildman–Crippen MR) is 93.4 cm³/mol. The average Bonchev–Trinajstić information content (AvgIpc) is 3.17. The van der Waals surface area contributed by atoms with Crippen molar-refractivity contribution in [3.63, 3.8) is 0 Å². The van der Waals surface area contributed by atoms with Crippen LogP contribution in [0.25, 0.3) is 10.7 Å². The van der Waals surface area contributed by atoms with Gasteiger partial charge in [0.1, 0.15) is 0 Å². The van der Waals surface area contributed by atoms with E-state index in [0.717, 1.165) is 36.8 Å². The Labute approximate surface area is 140 Å². The molecule has 0 radical (unpaired) electrons. The van der Waals surface area contributed by atoms with Gasteiger partial charge in [0.25, 0.3) is 0 Å². The second kappa shape index (κ2) is 5.91. The highest BCUT2D eigenvalue weighted by molar-refractivity contribution is 7.13. The van der Waals surface area contributed by atoms with Crippen LogP contribution in [0.1, 0.15) is 28.2 Å². The van der Waals surface area contributed by atoms with Crippen LogP contribution in [-0.2, 0) is 19.5 Å². The maximum Gasteiger partial charge on any atom is 0.169 e. The molecule has 0 amide bonds. The Balaban J connectivity index is 1.52. The number of aromatic nitrogens is 3. The monoisotopic (exact) mass is 324 g/mol. The number of nitrogens with zero attached hydrogens (tertiary/aromatic N) is 3. The number of hydrogen-bond donors (Lipinski definition) is 1. The summed E-state index contributed by atoms with van der Waals surface area (Å²) in [5.41, 5.74) is 6.38. The first-order chi connectivity index (χ1) is 11.2. The number of thiophene rings is 1. The standard InChI is InChI=1S/C18H20N4S/c1-12-8-14(13(2)20-12)10-22-6-5-16-15(11-22)9-19-18(21-16)17-4-3-7-23-17/h3-4,7-9,20H,5-6,10-11H2,1-2H3. The van der Waals surface area contributed by atoms with Crippen LogP contribution in [0.4, 0.5) is 0 Å². The lowest BCUT2D eigenvalue weighted by Crippen LogP contribution is -2.31. The van der Waals surface area contributed by atoms with E-state index in [1.54, 1.807) is 11.3 Å². The van der Waals surface area contributed by atoms with Gasteiger partial charge in [-0.25, -0.2) is 9.97 Å². The molecule has 4 rings (SSSR count). The van der Waals surface area contributed by atoms with E-state index in [9.17, 15) is 0 Å². The number of aromatic amines is 1. The van der Waals surface area contributed by atoms with Crippen molar-refractivity contribution in [1.82, 2.24) is 19.9 Å². The van der Waals surface area contributed by atoms with Crippen molar-refractivity contribution in [3.8, 4) is 10.7 Å². The van der Waals surface area contributed by atoms with E-state index in [4.69, 9.17) is 4.98 Å². The Kier molecular flexibility index (Phi) is 3.75. The molecule has 0 aromatic carbocycles. The van der Waals surface area contributed by atoms with E-state index in [0.29, 0.717) is 0 Å². The quantitative estimate of drug-likeness (QED) is 0.799. The number of nitrogens with one attached hydrogen (secondary N) is 1. The summed E-state index contributed by atoms with van der Waals surface area (Å²) in [6.45, 7) is 7.24. The lowest BCUT2D eigenvalue weighted by Gasteiger charge is -2.28. The van der Waals surface area contributed by atoms with Crippen LogP contribution < -0.4 is 0 Å². The molecule has 0 saturated carbocycles. The van der Waals surface area contributed by atoms with Gasteiger partial charge in [0, 0.05) is 49.2 Å². The molecule has 1 N–H and O–H groups in total. The van der Waals surface area contributed by atoms with Crippen LogP contribution in [0, 0.1) is 13.8 Å². The van der Waals surface area contributed by atoms with Crippen molar-refractivity contribution >= 4 is 11.3 Å². The molecule has 3 aromatic rings. The molecular formula is C18H20N4S. The third-order valence-electron chi connectivity index (χ3n) is 4.41. The van der Waals surface area contributed by atoms with Crippen molar-refractivity contribution in [2.24, 2.45) is 0 Å². The third-order valence-corrected chi connectivity index (χ3v) is 5.27. The van der Waals surface area contributed by atoms with Crippen molar-refractivity contribution in [2.45, 2.75) is 33.4 Å². The summed E-state index contributed by atoms with van der Waals surface area (Å²) >= 11 is 1.69. The number of H-pyrrole nitrogens is 1. The minimum absolute atomic E-state index is 0.865. The van der Waals surface area contributed by atoms with Gasteiger partial charge in [-0.15, -0.1) is 11.3 Å². The molecule has 5 heteroatoms. The molecule has 0 fully saturated rings. The zero-order valence-electron chi connectivity index (χ0n) is 13.5. The Morgan fingerprint density at radius 1 is 1.35 bits per heavy atom. The Hall–Kier alpha value is -1.98. The number of hydrogen-bond acceptors (Lipinski definition) is 4. The molecule has 1 aliphatic heterocycles. The Bertz CT molecular complexity index is 820. The fourth-order valence-electron chi connectivity index (χ4n) is 3.22. The van der Waals surface area contributed by atoms with Gasteiger partial charge in [-0.1, -0.05) is 6.07 Å². The zero-order chi connectivity index (χ0) is 15.8. The first-order valence-corrected chi connectivity index (χ1v) is 8.83. The van der Waals surface area contributed by atoms with E-state index >= 15 is 0 Å². The highest BCUT2D eigenvalue weighted by Gasteiger charge is 2.20. The van der Waals surface area contributed by atoms with E-state index in [1.165, 1.54) is 28.2 Å². The maximum atomic E-state index is 4.79. The number of rotatable bonds is 3. The second-order valence-electron chi connectivity index (χ2n) is 6.21. The van der Waals surface area contributed by atoms with E-state index in [2.05, 4.69) is 46.2 Å². The van der Waals surface area contributed by atoms with Crippen LogP contribution >= 0.6 is 11.3 Å². The Morgan fingerprint density at radius 2 is 2.26 bits per heavy atom. The van der Waals surface area contributed by atoms with Gasteiger partial charge in [-0.05, 0) is 36.9 Å². The van der Waals surface area contributed by atoms with Crippen LogP contribution in [0.5, 0.6) is 0 Å². The minimum atomic E-state index is 0.865. The third kappa shape index (κ3) is 2.94. The molecule has 0 bridgehead atoms. The molecule has 0 unspecified atom stereocenters. The molecule has 118 valence electrons. The molecule has 0 spiro atoms. The van der Waals surface area contributed by atoms with E-state index < -0.39 is 0 Å². The zero-order valence-corrected chi connectivity index (χ0v) is 14.3. The lowest BCUT2D eigenvalue weighted by atomic mass is 10.1. The van der Waals surface area contributed by atoms with E-state index in [-0.39, 0.29) is 0 Å². The maximum absolute atomic E-state index is 4.79. The summed E-state index contributed by atoms with van der Waals surface area (Å²) in [5.74, 6) is 0.865. The molecule has 1 aliphatic rings. The summed E-state index contributed by atoms with van der Waals surface area (Å²) < 4.78 is 0. The lowest BCUT2D eigenvalue weighted by molar-refractivity contribution is 0.242. The van der Waals surface area contributed by atoms with E-state index in [1.807, 2.05) is 12.3 Å². The largest absolute Gasteiger partial charge is 0.362 e. The van der Waals surface area contributed by atoms with Crippen molar-refractivity contribution < 1.29 is 0 Å². The van der Waals surface area contributed by atoms with Crippen molar-refractivity contribution in [2.75, 3.05) is 6.54 Å². The van der Waals surface area contributed by atoms with Crippen LogP contribution in [0.15, 0.2) is 29.8 Å². The summed E-state index contributed by atoms with van der Waals surface area (Å²) in [5, 5.41) is 2.07. The SMILES string of the molecule is Cc1cc(CN2CCc3nc(-c4cccs4)ncc3C2)c(C)[nH]1. The van der Waals surface area contributed by atoms with Crippen molar-refractivity contribution in [1.29, 1.82) is 0 Å². The van der Waals surface area contributed by atoms with Gasteiger partial charge in [0.2, 0.25) is 0 Å². The first kappa shape index (κ1) is 14.6. The summed E-state index contributed by atoms with van der Waals surface area (Å²) in [4.78, 5) is 16.4. The molecule has 4 nitrogen and oxygen atoms in total. The van der Waals surface area contributed by atoms with Gasteiger partial charge >= 0.3 is 0 Å². The average molecular weight is 324 g/mol. The van der Waals surface area contributed by atoms with Gasteiger partial charge < -0.3 is 4.98 Å². The predicted octanol–water partition coefficient (Wildman–Crippen LogP) is 3.71. The first-order valence-electron chi connectivity index (χ1n) is 7.95. The molecule has 0 aliphatic carbocycles. The fraction of sp³-hybridized carbons (Fsp3) is 0.333. The minimum Gasteiger partial charge on any atom is -0.362 e. The molecule has 0 saturated heterocycles. The fourth-order valence-corrected chi connectivity index (χ4v) is 3.89. The van der Waals surface area contributed by atoms with Gasteiger partial charge in [-0.2, -0.15) is 0 Å². The summed E-state index contributed by atoms with van der Waals surface area (Å²) in [7, 11) is 0. The molecule has 3 aromatic heterocycles. The molecule has 0 atom stereocenters. The Morgan fingerprint density at radius 3 is 3.00 bits per heavy atom. The highest BCUT2D eigenvalue weighted by atomic mass is 32.1. The van der Waals surface area contributed by atoms with Crippen LogP contribution in [-0.4, -0.2) is 26.4 Å². The molecule has 4 heterocycles. The number of aryl methyl sites for hydroxylation is 2. The topological polar surface area (TPSA) is 44.8 Å². The second-order valence-corrected chi connectivity index (χ2v) is 7.15. The summed E-state index contributed by atoms with van der Waals surface area (Å²) in [6, 6.07) is 6.38. The summed E-state index contributed by atoms with van der Waals surface area (Å²) in [6.07, 6.45) is 3.01. The number of fused-ring (bicyclic) bond motifs is 1. The smallest absolute Gasteiger partial charge is 0.169 e.